The number of nitrogens with two attached hydrogens (primary N) is 1. The maximum absolute atomic E-state index is 10.8. The van der Waals surface area contributed by atoms with Gasteiger partial charge in [0.25, 0.3) is 0 Å². The van der Waals surface area contributed by atoms with E-state index in [1.165, 1.54) is 18.4 Å². The molecule has 3 aliphatic heterocycles. The highest BCUT2D eigenvalue weighted by atomic mass is 35.5. The Kier molecular flexibility index (Phi) is 9.77. The highest BCUT2D eigenvalue weighted by Crippen LogP contribution is 2.33. The van der Waals surface area contributed by atoms with Crippen LogP contribution in [0, 0.1) is 0 Å². The third-order valence-electron chi connectivity index (χ3n) is 5.97. The molecule has 3 aliphatic rings. The molecule has 0 spiro atoms. The number of piperidine rings is 1. The third kappa shape index (κ3) is 6.52. The number of carbonyl (C=O) groups is 1. The Morgan fingerprint density at radius 3 is 2.60 bits per heavy atom. The van der Waals surface area contributed by atoms with Crippen LogP contribution in [0.15, 0.2) is 18.2 Å². The number of ether oxygens (including phenoxy) is 2. The minimum Gasteiger partial charge on any atom is -0.454 e. The van der Waals surface area contributed by atoms with Crippen molar-refractivity contribution in [2.75, 3.05) is 59.2 Å². The second-order valence-corrected chi connectivity index (χ2v) is 7.89. The van der Waals surface area contributed by atoms with E-state index in [9.17, 15) is 4.79 Å². The maximum atomic E-state index is 10.8. The fraction of sp³-hybridized carbons (Fsp3) is 0.650. The van der Waals surface area contributed by atoms with Crippen molar-refractivity contribution in [3.05, 3.63) is 23.8 Å². The van der Waals surface area contributed by atoms with Gasteiger partial charge in [0.1, 0.15) is 0 Å². The summed E-state index contributed by atoms with van der Waals surface area (Å²) < 4.78 is 10.9. The minimum absolute atomic E-state index is 0. The number of hydrogen-bond acceptors (Lipinski definition) is 6. The number of carbonyl (C=O) groups excluding carboxylic acids is 1. The topological polar surface area (TPSA) is 83.3 Å². The zero-order valence-corrected chi connectivity index (χ0v) is 18.9. The molecule has 0 radical (unpaired) electrons. The number of urea groups is 1. The molecule has 2 fully saturated rings. The first-order valence-electron chi connectivity index (χ1n) is 10.3. The van der Waals surface area contributed by atoms with E-state index in [0.717, 1.165) is 63.9 Å². The lowest BCUT2D eigenvalue weighted by molar-refractivity contribution is 0.0504. The van der Waals surface area contributed by atoms with Crippen molar-refractivity contribution >= 4 is 30.8 Å². The number of hydrogen-bond donors (Lipinski definition) is 2. The summed E-state index contributed by atoms with van der Waals surface area (Å²) in [4.78, 5) is 18.4. The van der Waals surface area contributed by atoms with Gasteiger partial charge in [-0.2, -0.15) is 0 Å². The number of fused-ring (bicyclic) bond motifs is 1. The third-order valence-corrected chi connectivity index (χ3v) is 5.97. The van der Waals surface area contributed by atoms with Crippen molar-refractivity contribution in [2.24, 2.45) is 5.73 Å². The summed E-state index contributed by atoms with van der Waals surface area (Å²) >= 11 is 0. The smallest absolute Gasteiger partial charge is 0.312 e. The van der Waals surface area contributed by atoms with Gasteiger partial charge in [0.2, 0.25) is 6.79 Å². The highest BCUT2D eigenvalue weighted by Gasteiger charge is 2.28. The Labute approximate surface area is 190 Å². The van der Waals surface area contributed by atoms with Gasteiger partial charge >= 0.3 is 6.03 Å². The van der Waals surface area contributed by atoms with E-state index in [4.69, 9.17) is 15.2 Å². The van der Waals surface area contributed by atoms with E-state index in [1.807, 2.05) is 6.07 Å². The number of benzene rings is 1. The zero-order valence-electron chi connectivity index (χ0n) is 17.3. The van der Waals surface area contributed by atoms with Crippen LogP contribution in [0.5, 0.6) is 11.5 Å². The molecule has 30 heavy (non-hydrogen) atoms. The first kappa shape index (κ1) is 24.8. The van der Waals surface area contributed by atoms with Crippen molar-refractivity contribution in [1.82, 2.24) is 20.0 Å². The van der Waals surface area contributed by atoms with Gasteiger partial charge in [0.15, 0.2) is 11.5 Å². The van der Waals surface area contributed by atoms with Crippen LogP contribution in [0.1, 0.15) is 18.4 Å². The Morgan fingerprint density at radius 1 is 1.07 bits per heavy atom. The molecule has 8 nitrogen and oxygen atoms in total. The van der Waals surface area contributed by atoms with Crippen molar-refractivity contribution in [3.8, 4) is 11.5 Å². The van der Waals surface area contributed by atoms with E-state index in [1.54, 1.807) is 0 Å². The molecule has 170 valence electrons. The average molecular weight is 462 g/mol. The van der Waals surface area contributed by atoms with Crippen molar-refractivity contribution in [2.45, 2.75) is 25.4 Å². The van der Waals surface area contributed by atoms with Crippen LogP contribution in [-0.2, 0) is 6.54 Å². The Balaban J connectivity index is 0.00000160. The largest absolute Gasteiger partial charge is 0.454 e. The van der Waals surface area contributed by atoms with Gasteiger partial charge in [0.05, 0.1) is 0 Å². The Morgan fingerprint density at radius 2 is 1.83 bits per heavy atom. The van der Waals surface area contributed by atoms with Crippen LogP contribution in [0.2, 0.25) is 0 Å². The fourth-order valence-electron chi connectivity index (χ4n) is 4.45. The predicted molar refractivity (Wildman–Crippen MR) is 121 cm³/mol. The number of halogens is 2. The van der Waals surface area contributed by atoms with Crippen LogP contribution >= 0.6 is 24.8 Å². The van der Waals surface area contributed by atoms with Crippen LogP contribution < -0.4 is 20.5 Å². The monoisotopic (exact) mass is 461 g/mol. The quantitative estimate of drug-likeness (QED) is 0.667. The maximum Gasteiger partial charge on any atom is 0.312 e. The minimum atomic E-state index is -0.438. The molecule has 3 heterocycles. The summed E-state index contributed by atoms with van der Waals surface area (Å²) in [6, 6.07) is 6.44. The first-order chi connectivity index (χ1) is 13.7. The second-order valence-electron chi connectivity index (χ2n) is 7.89. The summed E-state index contributed by atoms with van der Waals surface area (Å²) in [6.45, 7) is 9.40. The zero-order chi connectivity index (χ0) is 19.3. The number of amides is 2. The second kappa shape index (κ2) is 11.8. The van der Waals surface area contributed by atoms with Gasteiger partial charge in [-0.3, -0.25) is 9.80 Å². The number of piperazine rings is 1. The molecule has 1 aromatic carbocycles. The van der Waals surface area contributed by atoms with Gasteiger partial charge in [-0.1, -0.05) is 6.07 Å². The lowest BCUT2D eigenvalue weighted by atomic mass is 10.0. The molecule has 3 N–H and O–H groups in total. The summed E-state index contributed by atoms with van der Waals surface area (Å²) in [5.74, 6) is 1.71. The summed E-state index contributed by atoms with van der Waals surface area (Å²) in [7, 11) is 0. The Hall–Kier alpha value is -1.45. The molecule has 1 aromatic rings. The van der Waals surface area contributed by atoms with Gasteiger partial charge in [-0.05, 0) is 37.1 Å². The predicted octanol–water partition coefficient (Wildman–Crippen LogP) is 1.51. The Bertz CT molecular complexity index is 688. The standard InChI is InChI=1S/C20H31N5O3.2ClH/c21-20(26)22-5-7-23-6-1-2-17(14-23)25-10-8-24(9-11-25)13-16-3-4-18-19(12-16)28-15-27-18;;/h3-4,12,17H,1-2,5-11,13-15H2,(H3,21,22,26);2*1H. The normalized spacial score (nSPS) is 22.1. The van der Waals surface area contributed by atoms with Gasteiger partial charge in [-0.15, -0.1) is 24.8 Å². The SMILES string of the molecule is Cl.Cl.NC(=O)NCCN1CCCC(N2CCN(Cc3ccc4c(c3)OCO4)CC2)C1. The number of nitrogens with one attached hydrogen (secondary N) is 1. The molecule has 0 bridgehead atoms. The average Bonchev–Trinajstić information content (AvgIpc) is 3.16. The first-order valence-corrected chi connectivity index (χ1v) is 10.3. The molecule has 4 rings (SSSR count). The number of rotatable bonds is 6. The van der Waals surface area contributed by atoms with Gasteiger partial charge in [-0.25, -0.2) is 4.79 Å². The molecular weight excluding hydrogens is 429 g/mol. The molecule has 0 aliphatic carbocycles. The lowest BCUT2D eigenvalue weighted by Crippen LogP contribution is -2.55. The number of likely N-dealkylation sites (tertiary alicyclic amines) is 1. The van der Waals surface area contributed by atoms with E-state index in [-0.39, 0.29) is 24.8 Å². The summed E-state index contributed by atoms with van der Waals surface area (Å²) in [6.07, 6.45) is 2.49. The fourth-order valence-corrected chi connectivity index (χ4v) is 4.45. The van der Waals surface area contributed by atoms with Crippen LogP contribution in [0.4, 0.5) is 4.79 Å². The van der Waals surface area contributed by atoms with Crippen LogP contribution in [0.3, 0.4) is 0 Å². The van der Waals surface area contributed by atoms with E-state index in [2.05, 4.69) is 32.1 Å². The molecule has 10 heteroatoms. The van der Waals surface area contributed by atoms with Crippen molar-refractivity contribution in [1.29, 1.82) is 0 Å². The molecule has 1 unspecified atom stereocenters. The van der Waals surface area contributed by atoms with Gasteiger partial charge < -0.3 is 25.4 Å². The number of nitrogens with zero attached hydrogens (tertiary/aromatic N) is 3. The van der Waals surface area contributed by atoms with Crippen molar-refractivity contribution < 1.29 is 14.3 Å². The molecule has 0 aromatic heterocycles. The molecule has 2 saturated heterocycles. The summed E-state index contributed by atoms with van der Waals surface area (Å²) in [5, 5.41) is 2.69. The van der Waals surface area contributed by atoms with Gasteiger partial charge in [0, 0.05) is 58.4 Å². The van der Waals surface area contributed by atoms with Crippen molar-refractivity contribution in [3.63, 3.8) is 0 Å². The number of primary amides is 1. The van der Waals surface area contributed by atoms with Crippen LogP contribution in [0.25, 0.3) is 0 Å². The molecule has 2 amide bonds. The molecule has 0 saturated carbocycles. The van der Waals surface area contributed by atoms with E-state index >= 15 is 0 Å². The summed E-state index contributed by atoms with van der Waals surface area (Å²) in [5.41, 5.74) is 6.43. The van der Waals surface area contributed by atoms with Crippen LogP contribution in [-0.4, -0.2) is 85.9 Å². The van der Waals surface area contributed by atoms with E-state index in [0.29, 0.717) is 19.4 Å². The lowest BCUT2D eigenvalue weighted by Gasteiger charge is -2.43. The van der Waals surface area contributed by atoms with E-state index < -0.39 is 6.03 Å². The molecular formula is C20H33Cl2N5O3. The molecule has 1 atom stereocenters. The highest BCUT2D eigenvalue weighted by molar-refractivity contribution is 5.85.